The second-order valence-corrected chi connectivity index (χ2v) is 6.25. The fourth-order valence-corrected chi connectivity index (χ4v) is 3.78. The minimum atomic E-state index is 0.576. The molecule has 2 unspecified atom stereocenters. The Balaban J connectivity index is 1.77. The van der Waals surface area contributed by atoms with Crippen LogP contribution >= 0.6 is 11.6 Å². The van der Waals surface area contributed by atoms with Crippen LogP contribution in [0.25, 0.3) is 0 Å². The van der Waals surface area contributed by atoms with Gasteiger partial charge in [-0.05, 0) is 24.7 Å². The fraction of sp³-hybridized carbons (Fsp3) is 0.733. The fourth-order valence-electron chi connectivity index (χ4n) is 3.58. The summed E-state index contributed by atoms with van der Waals surface area (Å²) in [5, 5.41) is 0.576. The third-order valence-corrected chi connectivity index (χ3v) is 4.85. The van der Waals surface area contributed by atoms with E-state index in [0.717, 1.165) is 43.0 Å². The largest absolute Gasteiger partial charge is 0.356 e. The Morgan fingerprint density at radius 2 is 2.00 bits per heavy atom. The van der Waals surface area contributed by atoms with Crippen LogP contribution < -0.4 is 4.90 Å². The highest BCUT2D eigenvalue weighted by Gasteiger charge is 2.31. The maximum Gasteiger partial charge on any atom is 0.134 e. The highest BCUT2D eigenvalue weighted by molar-refractivity contribution is 6.29. The first-order valence-corrected chi connectivity index (χ1v) is 7.92. The predicted molar refractivity (Wildman–Crippen MR) is 78.7 cm³/mol. The zero-order chi connectivity index (χ0) is 13.2. The van der Waals surface area contributed by atoms with E-state index in [2.05, 4.69) is 21.8 Å². The lowest BCUT2D eigenvalue weighted by atomic mass is 9.75. The van der Waals surface area contributed by atoms with Crippen LogP contribution in [-0.2, 0) is 6.42 Å². The summed E-state index contributed by atoms with van der Waals surface area (Å²) in [6, 6.07) is 1.92. The van der Waals surface area contributed by atoms with E-state index < -0.39 is 0 Å². The third-order valence-electron chi connectivity index (χ3n) is 4.66. The van der Waals surface area contributed by atoms with E-state index in [1.807, 2.05) is 6.07 Å². The van der Waals surface area contributed by atoms with Crippen LogP contribution in [0.15, 0.2) is 6.07 Å². The van der Waals surface area contributed by atoms with Crippen LogP contribution in [0.1, 0.15) is 44.9 Å². The van der Waals surface area contributed by atoms with E-state index in [1.54, 1.807) is 0 Å². The molecule has 1 aliphatic carbocycles. The minimum Gasteiger partial charge on any atom is -0.356 e. The average Bonchev–Trinajstić information content (AvgIpc) is 2.46. The van der Waals surface area contributed by atoms with Gasteiger partial charge in [0.05, 0.1) is 0 Å². The van der Waals surface area contributed by atoms with Crippen molar-refractivity contribution >= 4 is 17.4 Å². The Morgan fingerprint density at radius 1 is 1.21 bits per heavy atom. The number of anilines is 1. The minimum absolute atomic E-state index is 0.576. The summed E-state index contributed by atoms with van der Waals surface area (Å²) in [6.07, 6.45) is 7.81. The van der Waals surface area contributed by atoms with Gasteiger partial charge in [-0.1, -0.05) is 37.8 Å². The van der Waals surface area contributed by atoms with Gasteiger partial charge in [0.25, 0.3) is 0 Å². The van der Waals surface area contributed by atoms with E-state index >= 15 is 0 Å². The molecular weight excluding hydrogens is 258 g/mol. The highest BCUT2D eigenvalue weighted by Crippen LogP contribution is 2.37. The Morgan fingerprint density at radius 3 is 2.79 bits per heavy atom. The van der Waals surface area contributed by atoms with Crippen molar-refractivity contribution in [1.82, 2.24) is 9.97 Å². The maximum atomic E-state index is 6.11. The molecule has 1 aromatic rings. The smallest absolute Gasteiger partial charge is 0.134 e. The van der Waals surface area contributed by atoms with Crippen molar-refractivity contribution in [2.75, 3.05) is 18.0 Å². The van der Waals surface area contributed by atoms with E-state index in [1.165, 1.54) is 32.1 Å². The SMILES string of the molecule is CCc1nc(Cl)cc(N2CCC3CCCCC3C2)n1. The van der Waals surface area contributed by atoms with Crippen molar-refractivity contribution in [1.29, 1.82) is 0 Å². The Labute approximate surface area is 120 Å². The van der Waals surface area contributed by atoms with Crippen LogP contribution in [0, 0.1) is 11.8 Å². The number of halogens is 1. The maximum absolute atomic E-state index is 6.11. The molecule has 0 aromatic carbocycles. The number of hydrogen-bond acceptors (Lipinski definition) is 3. The van der Waals surface area contributed by atoms with Gasteiger partial charge in [-0.25, -0.2) is 9.97 Å². The standard InChI is InChI=1S/C15H22ClN3/c1-2-14-17-13(16)9-15(18-14)19-8-7-11-5-3-4-6-12(11)10-19/h9,11-12H,2-8,10H2,1H3. The van der Waals surface area contributed by atoms with E-state index in [0.29, 0.717) is 5.15 Å². The zero-order valence-corrected chi connectivity index (χ0v) is 12.4. The normalized spacial score (nSPS) is 27.2. The van der Waals surface area contributed by atoms with Crippen molar-refractivity contribution in [3.05, 3.63) is 17.0 Å². The van der Waals surface area contributed by atoms with Gasteiger partial charge in [0, 0.05) is 25.6 Å². The number of piperidine rings is 1. The van der Waals surface area contributed by atoms with E-state index in [9.17, 15) is 0 Å². The Bertz CT molecular complexity index is 449. The quantitative estimate of drug-likeness (QED) is 0.773. The lowest BCUT2D eigenvalue weighted by Gasteiger charge is -2.41. The molecule has 1 saturated carbocycles. The molecule has 0 spiro atoms. The summed E-state index contributed by atoms with van der Waals surface area (Å²) in [4.78, 5) is 11.3. The molecule has 1 aromatic heterocycles. The molecule has 2 heterocycles. The van der Waals surface area contributed by atoms with Gasteiger partial charge in [-0.3, -0.25) is 0 Å². The van der Waals surface area contributed by atoms with Gasteiger partial charge >= 0.3 is 0 Å². The van der Waals surface area contributed by atoms with Gasteiger partial charge in [0.15, 0.2) is 0 Å². The first-order chi connectivity index (χ1) is 9.26. The molecule has 1 saturated heterocycles. The molecule has 0 amide bonds. The molecule has 19 heavy (non-hydrogen) atoms. The van der Waals surface area contributed by atoms with E-state index in [-0.39, 0.29) is 0 Å². The molecule has 104 valence electrons. The summed E-state index contributed by atoms with van der Waals surface area (Å²) < 4.78 is 0. The molecule has 1 aliphatic heterocycles. The van der Waals surface area contributed by atoms with Gasteiger partial charge in [0.1, 0.15) is 16.8 Å². The van der Waals surface area contributed by atoms with E-state index in [4.69, 9.17) is 11.6 Å². The van der Waals surface area contributed by atoms with Gasteiger partial charge in [-0.15, -0.1) is 0 Å². The van der Waals surface area contributed by atoms with Gasteiger partial charge in [0.2, 0.25) is 0 Å². The first-order valence-electron chi connectivity index (χ1n) is 7.54. The van der Waals surface area contributed by atoms with Gasteiger partial charge in [-0.2, -0.15) is 0 Å². The first kappa shape index (κ1) is 13.2. The second-order valence-electron chi connectivity index (χ2n) is 5.86. The van der Waals surface area contributed by atoms with Crippen molar-refractivity contribution in [3.63, 3.8) is 0 Å². The van der Waals surface area contributed by atoms with Crippen molar-refractivity contribution < 1.29 is 0 Å². The third kappa shape index (κ3) is 2.86. The molecule has 0 N–H and O–H groups in total. The predicted octanol–water partition coefficient (Wildman–Crippen LogP) is 3.71. The van der Waals surface area contributed by atoms with Crippen molar-refractivity contribution in [3.8, 4) is 0 Å². The number of aryl methyl sites for hydroxylation is 1. The number of nitrogens with zero attached hydrogens (tertiary/aromatic N) is 3. The molecule has 0 bridgehead atoms. The van der Waals surface area contributed by atoms with Crippen molar-refractivity contribution in [2.24, 2.45) is 11.8 Å². The van der Waals surface area contributed by atoms with Crippen LogP contribution in [0.5, 0.6) is 0 Å². The highest BCUT2D eigenvalue weighted by atomic mass is 35.5. The van der Waals surface area contributed by atoms with Crippen LogP contribution in [-0.4, -0.2) is 23.1 Å². The van der Waals surface area contributed by atoms with Crippen molar-refractivity contribution in [2.45, 2.75) is 45.4 Å². The number of fused-ring (bicyclic) bond motifs is 1. The molecule has 2 atom stereocenters. The molecule has 3 nitrogen and oxygen atoms in total. The van der Waals surface area contributed by atoms with Crippen LogP contribution in [0.2, 0.25) is 5.15 Å². The van der Waals surface area contributed by atoms with Gasteiger partial charge < -0.3 is 4.90 Å². The summed E-state index contributed by atoms with van der Waals surface area (Å²) in [6.45, 7) is 4.35. The second kappa shape index (κ2) is 5.66. The Kier molecular flexibility index (Phi) is 3.92. The lowest BCUT2D eigenvalue weighted by molar-refractivity contribution is 0.202. The molecule has 2 aliphatic rings. The molecule has 0 radical (unpaired) electrons. The molecule has 4 heteroatoms. The Hall–Kier alpha value is -0.830. The summed E-state index contributed by atoms with van der Waals surface area (Å²) in [7, 11) is 0. The lowest BCUT2D eigenvalue weighted by Crippen LogP contribution is -2.42. The average molecular weight is 280 g/mol. The summed E-state index contributed by atoms with van der Waals surface area (Å²) >= 11 is 6.11. The monoisotopic (exact) mass is 279 g/mol. The molecular formula is C15H22ClN3. The molecule has 3 rings (SSSR count). The number of rotatable bonds is 2. The number of aromatic nitrogens is 2. The topological polar surface area (TPSA) is 29.0 Å². The van der Waals surface area contributed by atoms with Crippen LogP contribution in [0.3, 0.4) is 0 Å². The summed E-state index contributed by atoms with van der Waals surface area (Å²) in [5.41, 5.74) is 0. The molecule has 2 fully saturated rings. The zero-order valence-electron chi connectivity index (χ0n) is 11.6. The summed E-state index contributed by atoms with van der Waals surface area (Å²) in [5.74, 6) is 3.70. The van der Waals surface area contributed by atoms with Crippen LogP contribution in [0.4, 0.5) is 5.82 Å². The number of hydrogen-bond donors (Lipinski definition) is 0.